The highest BCUT2D eigenvalue weighted by atomic mass is 32.2. The lowest BCUT2D eigenvalue weighted by Gasteiger charge is -2.08. The number of nitrogens with zero attached hydrogens (tertiary/aromatic N) is 4. The highest BCUT2D eigenvalue weighted by molar-refractivity contribution is 7.98. The van der Waals surface area contributed by atoms with Gasteiger partial charge < -0.3 is 4.57 Å². The molecule has 7 nitrogen and oxygen atoms in total. The summed E-state index contributed by atoms with van der Waals surface area (Å²) in [6.45, 7) is 2.96. The molecule has 0 unspecified atom stereocenters. The normalized spacial score (nSPS) is 11.9. The number of aryl methyl sites for hydroxylation is 1. The zero-order valence-corrected chi connectivity index (χ0v) is 15.4. The average Bonchev–Trinajstić information content (AvgIpc) is 2.95. The van der Waals surface area contributed by atoms with E-state index in [-0.39, 0.29) is 4.90 Å². The first kappa shape index (κ1) is 17.8. The molecule has 0 aliphatic heterocycles. The van der Waals surface area contributed by atoms with Gasteiger partial charge in [0.25, 0.3) is 0 Å². The van der Waals surface area contributed by atoms with Crippen LogP contribution in [-0.2, 0) is 22.3 Å². The lowest BCUT2D eigenvalue weighted by Crippen LogP contribution is -2.11. The second kappa shape index (κ2) is 7.51. The molecule has 0 saturated heterocycles. The van der Waals surface area contributed by atoms with E-state index in [1.54, 1.807) is 24.5 Å². The van der Waals surface area contributed by atoms with E-state index >= 15 is 0 Å². The van der Waals surface area contributed by atoms with Gasteiger partial charge in [0.05, 0.1) is 21.7 Å². The Kier molecular flexibility index (Phi) is 5.36. The first-order valence-electron chi connectivity index (χ1n) is 7.91. The van der Waals surface area contributed by atoms with Crippen LogP contribution >= 0.6 is 11.8 Å². The second-order valence-electron chi connectivity index (χ2n) is 5.55. The molecule has 1 aromatic carbocycles. The van der Waals surface area contributed by atoms with E-state index in [2.05, 4.69) is 26.4 Å². The summed E-state index contributed by atoms with van der Waals surface area (Å²) in [5.74, 6) is 1.47. The van der Waals surface area contributed by atoms with E-state index < -0.39 is 10.0 Å². The molecular formula is C16H19N5O2S2. The van der Waals surface area contributed by atoms with E-state index in [9.17, 15) is 8.42 Å². The van der Waals surface area contributed by atoms with Crippen molar-refractivity contribution in [2.45, 2.75) is 42.1 Å². The van der Waals surface area contributed by atoms with Gasteiger partial charge in [0.2, 0.25) is 10.0 Å². The molecule has 0 aliphatic carbocycles. The van der Waals surface area contributed by atoms with Crippen molar-refractivity contribution in [2.75, 3.05) is 0 Å². The van der Waals surface area contributed by atoms with Crippen LogP contribution in [0.1, 0.15) is 25.6 Å². The number of rotatable bonds is 7. The van der Waals surface area contributed by atoms with Crippen LogP contribution in [0, 0.1) is 0 Å². The Labute approximate surface area is 150 Å². The number of hydrogen-bond donors (Lipinski definition) is 1. The Morgan fingerprint density at radius 3 is 2.68 bits per heavy atom. The van der Waals surface area contributed by atoms with Crippen molar-refractivity contribution >= 4 is 32.8 Å². The molecule has 132 valence electrons. The van der Waals surface area contributed by atoms with Crippen molar-refractivity contribution in [3.8, 4) is 0 Å². The van der Waals surface area contributed by atoms with Crippen molar-refractivity contribution in [1.29, 1.82) is 0 Å². The predicted molar refractivity (Wildman–Crippen MR) is 97.6 cm³/mol. The Balaban J connectivity index is 1.97. The van der Waals surface area contributed by atoms with Crippen LogP contribution < -0.4 is 5.14 Å². The number of fused-ring (bicyclic) bond motifs is 1. The van der Waals surface area contributed by atoms with Gasteiger partial charge in [-0.25, -0.2) is 28.5 Å². The molecule has 0 saturated carbocycles. The zero-order chi connectivity index (χ0) is 17.9. The van der Waals surface area contributed by atoms with Crippen LogP contribution in [0.15, 0.2) is 46.7 Å². The lowest BCUT2D eigenvalue weighted by molar-refractivity contribution is 0.598. The molecule has 2 aromatic heterocycles. The van der Waals surface area contributed by atoms with Crippen molar-refractivity contribution < 1.29 is 8.42 Å². The quantitative estimate of drug-likeness (QED) is 0.501. The van der Waals surface area contributed by atoms with Crippen molar-refractivity contribution in [2.24, 2.45) is 5.14 Å². The van der Waals surface area contributed by atoms with Gasteiger partial charge in [0, 0.05) is 18.9 Å². The van der Waals surface area contributed by atoms with Crippen molar-refractivity contribution in [3.05, 3.63) is 42.5 Å². The molecule has 0 radical (unpaired) electrons. The van der Waals surface area contributed by atoms with Crippen LogP contribution in [0.5, 0.6) is 0 Å². The molecule has 0 amide bonds. The second-order valence-corrected chi connectivity index (χ2v) is 8.05. The summed E-state index contributed by atoms with van der Waals surface area (Å²) >= 11 is 1.50. The third-order valence-electron chi connectivity index (χ3n) is 3.74. The Bertz CT molecular complexity index is 971. The minimum atomic E-state index is -3.74. The van der Waals surface area contributed by atoms with Gasteiger partial charge in [-0.3, -0.25) is 0 Å². The Morgan fingerprint density at radius 1 is 1.24 bits per heavy atom. The van der Waals surface area contributed by atoms with E-state index in [0.29, 0.717) is 16.4 Å². The molecule has 2 heterocycles. The van der Waals surface area contributed by atoms with Crippen LogP contribution in [-0.4, -0.2) is 27.9 Å². The summed E-state index contributed by atoms with van der Waals surface area (Å²) < 4.78 is 25.3. The number of benzene rings is 1. The number of sulfonamides is 1. The van der Waals surface area contributed by atoms with Crippen LogP contribution in [0.2, 0.25) is 0 Å². The van der Waals surface area contributed by atoms with Crippen LogP contribution in [0.3, 0.4) is 0 Å². The number of nitrogens with two attached hydrogens (primary N) is 1. The summed E-state index contributed by atoms with van der Waals surface area (Å²) in [5.41, 5.74) is 1.54. The summed E-state index contributed by atoms with van der Waals surface area (Å²) in [6, 6.07) is 6.60. The average molecular weight is 377 g/mol. The first-order chi connectivity index (χ1) is 12.0. The molecule has 3 aromatic rings. The minimum absolute atomic E-state index is 0.0748. The third kappa shape index (κ3) is 4.17. The van der Waals surface area contributed by atoms with Gasteiger partial charge in [-0.2, -0.15) is 0 Å². The summed E-state index contributed by atoms with van der Waals surface area (Å²) in [5, 5.41) is 5.91. The maximum absolute atomic E-state index is 11.6. The van der Waals surface area contributed by atoms with Crippen molar-refractivity contribution in [3.63, 3.8) is 0 Å². The molecule has 0 aliphatic rings. The topological polar surface area (TPSA) is 104 Å². The SMILES string of the molecule is CCCCn1c(CSc2ncccn2)nc2cc(S(N)(=O)=O)ccc21. The number of aromatic nitrogens is 4. The molecule has 0 spiro atoms. The number of unbranched alkanes of at least 4 members (excludes halogenated alkanes) is 1. The molecule has 0 atom stereocenters. The van der Waals surface area contributed by atoms with Gasteiger partial charge in [-0.05, 0) is 30.7 Å². The van der Waals surface area contributed by atoms with Gasteiger partial charge >= 0.3 is 0 Å². The third-order valence-corrected chi connectivity index (χ3v) is 5.52. The van der Waals surface area contributed by atoms with Crippen molar-refractivity contribution in [1.82, 2.24) is 19.5 Å². The lowest BCUT2D eigenvalue weighted by atomic mass is 10.3. The molecule has 3 rings (SSSR count). The molecule has 0 fully saturated rings. The fourth-order valence-corrected chi connectivity index (χ4v) is 3.78. The van der Waals surface area contributed by atoms with E-state index in [1.165, 1.54) is 23.9 Å². The van der Waals surface area contributed by atoms with Gasteiger partial charge in [0.1, 0.15) is 5.82 Å². The zero-order valence-electron chi connectivity index (χ0n) is 13.8. The number of imidazole rings is 1. The van der Waals surface area contributed by atoms with Gasteiger partial charge in [-0.1, -0.05) is 25.1 Å². The number of thioether (sulfide) groups is 1. The maximum atomic E-state index is 11.6. The number of hydrogen-bond acceptors (Lipinski definition) is 6. The molecule has 2 N–H and O–H groups in total. The summed E-state index contributed by atoms with van der Waals surface area (Å²) in [4.78, 5) is 13.1. The fraction of sp³-hybridized carbons (Fsp3) is 0.312. The molecule has 0 bridgehead atoms. The highest BCUT2D eigenvalue weighted by Gasteiger charge is 2.15. The molecule has 25 heavy (non-hydrogen) atoms. The molecule has 9 heteroatoms. The minimum Gasteiger partial charge on any atom is -0.327 e. The Hall–Kier alpha value is -1.97. The van der Waals surface area contributed by atoms with Crippen LogP contribution in [0.4, 0.5) is 0 Å². The summed E-state index contributed by atoms with van der Waals surface area (Å²) in [7, 11) is -3.74. The molecular weight excluding hydrogens is 358 g/mol. The van der Waals surface area contributed by atoms with Gasteiger partial charge in [0.15, 0.2) is 5.16 Å². The monoisotopic (exact) mass is 377 g/mol. The number of primary sulfonamides is 1. The smallest absolute Gasteiger partial charge is 0.238 e. The summed E-state index contributed by atoms with van der Waals surface area (Å²) in [6.07, 6.45) is 5.48. The largest absolute Gasteiger partial charge is 0.327 e. The van der Waals surface area contributed by atoms with Gasteiger partial charge in [-0.15, -0.1) is 0 Å². The fourth-order valence-electron chi connectivity index (χ4n) is 2.50. The Morgan fingerprint density at radius 2 is 2.00 bits per heavy atom. The van der Waals surface area contributed by atoms with E-state index in [1.807, 2.05) is 0 Å². The highest BCUT2D eigenvalue weighted by Crippen LogP contribution is 2.25. The standard InChI is InChI=1S/C16H19N5O2S2/c1-2-3-9-21-14-6-5-12(25(17,22)23)10-13(14)20-15(21)11-24-16-18-7-4-8-19-16/h4-8,10H,2-3,9,11H2,1H3,(H2,17,22,23). The van der Waals surface area contributed by atoms with Crippen LogP contribution in [0.25, 0.3) is 11.0 Å². The van der Waals surface area contributed by atoms with E-state index in [4.69, 9.17) is 5.14 Å². The maximum Gasteiger partial charge on any atom is 0.238 e. The van der Waals surface area contributed by atoms with E-state index in [0.717, 1.165) is 30.7 Å². The predicted octanol–water partition coefficient (Wildman–Crippen LogP) is 2.57. The first-order valence-corrected chi connectivity index (χ1v) is 10.4.